The Morgan fingerprint density at radius 2 is 2.00 bits per heavy atom. The highest BCUT2D eigenvalue weighted by molar-refractivity contribution is 5.91. The Bertz CT molecular complexity index is 560. The topological polar surface area (TPSA) is 46.6 Å². The summed E-state index contributed by atoms with van der Waals surface area (Å²) in [6.07, 6.45) is 0.588. The van der Waals surface area contributed by atoms with Crippen LogP contribution in [0.15, 0.2) is 24.3 Å². The number of rotatable bonds is 4. The second-order valence-corrected chi connectivity index (χ2v) is 6.92. The van der Waals surface area contributed by atoms with Crippen LogP contribution in [0.5, 0.6) is 0 Å². The van der Waals surface area contributed by atoms with Gasteiger partial charge >= 0.3 is 5.97 Å². The van der Waals surface area contributed by atoms with Crippen LogP contribution in [0.1, 0.15) is 50.0 Å². The number of ether oxygens (including phenoxy) is 1. The van der Waals surface area contributed by atoms with E-state index in [2.05, 4.69) is 20.8 Å². The van der Waals surface area contributed by atoms with E-state index in [1.54, 1.807) is 13.0 Å². The third-order valence-corrected chi connectivity index (χ3v) is 4.31. The maximum absolute atomic E-state index is 12.3. The number of likely N-dealkylation sites (tertiary alicyclic amines) is 1. The van der Waals surface area contributed by atoms with E-state index in [1.165, 1.54) is 0 Å². The van der Waals surface area contributed by atoms with Crippen molar-refractivity contribution in [3.05, 3.63) is 35.4 Å². The predicted octanol–water partition coefficient (Wildman–Crippen LogP) is 3.26. The number of amides is 1. The van der Waals surface area contributed by atoms with Crippen LogP contribution < -0.4 is 0 Å². The van der Waals surface area contributed by atoms with E-state index in [-0.39, 0.29) is 17.3 Å². The Kier molecular flexibility index (Phi) is 4.89. The molecule has 1 fully saturated rings. The average Bonchev–Trinajstić information content (AvgIpc) is 2.81. The van der Waals surface area contributed by atoms with Crippen molar-refractivity contribution in [3.63, 3.8) is 0 Å². The van der Waals surface area contributed by atoms with E-state index in [0.717, 1.165) is 12.1 Å². The van der Waals surface area contributed by atoms with Gasteiger partial charge in [-0.1, -0.05) is 39.0 Å². The minimum atomic E-state index is -0.322. The number of hydrogen-bond acceptors (Lipinski definition) is 3. The second-order valence-electron chi connectivity index (χ2n) is 6.92. The van der Waals surface area contributed by atoms with Gasteiger partial charge < -0.3 is 9.64 Å². The molecule has 0 saturated carbocycles. The van der Waals surface area contributed by atoms with E-state index in [0.29, 0.717) is 31.1 Å². The smallest absolute Gasteiger partial charge is 0.338 e. The Morgan fingerprint density at radius 3 is 2.59 bits per heavy atom. The van der Waals surface area contributed by atoms with Crippen LogP contribution in [-0.4, -0.2) is 29.9 Å². The van der Waals surface area contributed by atoms with Crippen LogP contribution >= 0.6 is 0 Å². The highest BCUT2D eigenvalue weighted by Crippen LogP contribution is 2.35. The molecule has 4 nitrogen and oxygen atoms in total. The molecule has 1 saturated heterocycles. The summed E-state index contributed by atoms with van der Waals surface area (Å²) < 4.78 is 5.09. The van der Waals surface area contributed by atoms with Crippen LogP contribution in [-0.2, 0) is 16.1 Å². The van der Waals surface area contributed by atoms with Crippen molar-refractivity contribution in [2.75, 3.05) is 13.2 Å². The monoisotopic (exact) mass is 303 g/mol. The van der Waals surface area contributed by atoms with Gasteiger partial charge in [-0.05, 0) is 29.9 Å². The molecule has 120 valence electrons. The SMILES string of the molecule is CCOC(=O)c1ccccc1CN1CC(C(C)(C)C)CC1=O. The first kappa shape index (κ1) is 16.5. The molecule has 4 heteroatoms. The lowest BCUT2D eigenvalue weighted by Gasteiger charge is -2.26. The van der Waals surface area contributed by atoms with Crippen molar-refractivity contribution >= 4 is 11.9 Å². The summed E-state index contributed by atoms with van der Waals surface area (Å²) in [5.41, 5.74) is 1.52. The quantitative estimate of drug-likeness (QED) is 0.802. The van der Waals surface area contributed by atoms with Gasteiger partial charge in [0.25, 0.3) is 0 Å². The number of carbonyl (C=O) groups excluding carboxylic acids is 2. The van der Waals surface area contributed by atoms with Crippen molar-refractivity contribution in [3.8, 4) is 0 Å². The first-order valence-electron chi connectivity index (χ1n) is 7.85. The minimum absolute atomic E-state index is 0.116. The standard InChI is InChI=1S/C18H25NO3/c1-5-22-17(21)15-9-7-6-8-13(15)11-19-12-14(10-16(19)20)18(2,3)4/h6-9,14H,5,10-12H2,1-4H3. The molecule has 0 aliphatic carbocycles. The summed E-state index contributed by atoms with van der Waals surface area (Å²) in [6.45, 7) is 9.86. The first-order chi connectivity index (χ1) is 10.3. The summed E-state index contributed by atoms with van der Waals surface area (Å²) in [5, 5.41) is 0. The predicted molar refractivity (Wildman–Crippen MR) is 85.4 cm³/mol. The second kappa shape index (κ2) is 6.51. The molecule has 1 atom stereocenters. The van der Waals surface area contributed by atoms with Gasteiger partial charge in [0.1, 0.15) is 0 Å². The van der Waals surface area contributed by atoms with Crippen LogP contribution in [0.4, 0.5) is 0 Å². The number of benzene rings is 1. The molecule has 1 heterocycles. The molecule has 1 aromatic rings. The van der Waals surface area contributed by atoms with Crippen LogP contribution in [0, 0.1) is 11.3 Å². The molecule has 2 rings (SSSR count). The van der Waals surface area contributed by atoms with Gasteiger partial charge in [-0.2, -0.15) is 0 Å². The van der Waals surface area contributed by atoms with Gasteiger partial charge in [0.15, 0.2) is 0 Å². The third kappa shape index (κ3) is 3.67. The first-order valence-corrected chi connectivity index (χ1v) is 7.85. The van der Waals surface area contributed by atoms with Crippen LogP contribution in [0.3, 0.4) is 0 Å². The molecule has 0 bridgehead atoms. The number of carbonyl (C=O) groups is 2. The molecular weight excluding hydrogens is 278 g/mol. The molecule has 0 spiro atoms. The van der Waals surface area contributed by atoms with Gasteiger partial charge in [-0.15, -0.1) is 0 Å². The lowest BCUT2D eigenvalue weighted by atomic mass is 9.80. The summed E-state index contributed by atoms with van der Waals surface area (Å²) in [4.78, 5) is 26.1. The Balaban J connectivity index is 2.15. The van der Waals surface area contributed by atoms with Crippen molar-refractivity contribution in [1.29, 1.82) is 0 Å². The molecule has 1 aromatic carbocycles. The highest BCUT2D eigenvalue weighted by atomic mass is 16.5. The summed E-state index contributed by atoms with van der Waals surface area (Å²) in [5.74, 6) is 0.199. The Hall–Kier alpha value is -1.84. The zero-order valence-corrected chi connectivity index (χ0v) is 13.9. The van der Waals surface area contributed by atoms with Gasteiger partial charge in [-0.25, -0.2) is 4.79 Å². The number of nitrogens with zero attached hydrogens (tertiary/aromatic N) is 1. The van der Waals surface area contributed by atoms with Gasteiger partial charge in [0.2, 0.25) is 5.91 Å². The van der Waals surface area contributed by atoms with Crippen molar-refractivity contribution in [1.82, 2.24) is 4.90 Å². The van der Waals surface area contributed by atoms with Crippen molar-refractivity contribution in [2.45, 2.75) is 40.7 Å². The molecule has 1 aliphatic heterocycles. The summed E-state index contributed by atoms with van der Waals surface area (Å²) >= 11 is 0. The number of esters is 1. The third-order valence-electron chi connectivity index (χ3n) is 4.31. The van der Waals surface area contributed by atoms with E-state index < -0.39 is 0 Å². The van der Waals surface area contributed by atoms with Gasteiger partial charge in [0, 0.05) is 19.5 Å². The summed E-state index contributed by atoms with van der Waals surface area (Å²) in [7, 11) is 0. The van der Waals surface area contributed by atoms with Crippen LogP contribution in [0.2, 0.25) is 0 Å². The maximum atomic E-state index is 12.3. The zero-order valence-electron chi connectivity index (χ0n) is 13.9. The average molecular weight is 303 g/mol. The summed E-state index contributed by atoms with van der Waals surface area (Å²) in [6, 6.07) is 7.36. The van der Waals surface area contributed by atoms with Crippen molar-refractivity contribution < 1.29 is 14.3 Å². The van der Waals surface area contributed by atoms with E-state index in [4.69, 9.17) is 4.74 Å². The molecule has 1 aliphatic rings. The molecular formula is C18H25NO3. The molecule has 22 heavy (non-hydrogen) atoms. The molecule has 0 radical (unpaired) electrons. The van der Waals surface area contributed by atoms with E-state index in [1.807, 2.05) is 23.1 Å². The minimum Gasteiger partial charge on any atom is -0.462 e. The highest BCUT2D eigenvalue weighted by Gasteiger charge is 2.36. The molecule has 1 unspecified atom stereocenters. The van der Waals surface area contributed by atoms with Gasteiger partial charge in [-0.3, -0.25) is 4.79 Å². The number of hydrogen-bond donors (Lipinski definition) is 0. The maximum Gasteiger partial charge on any atom is 0.338 e. The largest absolute Gasteiger partial charge is 0.462 e. The Morgan fingerprint density at radius 1 is 1.32 bits per heavy atom. The fraction of sp³-hybridized carbons (Fsp3) is 0.556. The zero-order chi connectivity index (χ0) is 16.3. The van der Waals surface area contributed by atoms with Crippen molar-refractivity contribution in [2.24, 2.45) is 11.3 Å². The molecule has 1 amide bonds. The Labute approximate surface area is 132 Å². The normalized spacial score (nSPS) is 18.6. The lowest BCUT2D eigenvalue weighted by Crippen LogP contribution is -2.28. The van der Waals surface area contributed by atoms with Crippen LogP contribution in [0.25, 0.3) is 0 Å². The van der Waals surface area contributed by atoms with E-state index in [9.17, 15) is 9.59 Å². The van der Waals surface area contributed by atoms with E-state index >= 15 is 0 Å². The fourth-order valence-electron chi connectivity index (χ4n) is 2.78. The fourth-order valence-corrected chi connectivity index (χ4v) is 2.78. The molecule has 0 aromatic heterocycles. The van der Waals surface area contributed by atoms with Gasteiger partial charge in [0.05, 0.1) is 12.2 Å². The molecule has 0 N–H and O–H groups in total. The lowest BCUT2D eigenvalue weighted by molar-refractivity contribution is -0.128.